The van der Waals surface area contributed by atoms with Crippen LogP contribution < -0.4 is 4.74 Å². The van der Waals surface area contributed by atoms with Crippen LogP contribution in [0.4, 0.5) is 0 Å². The summed E-state index contributed by atoms with van der Waals surface area (Å²) in [6.45, 7) is 2.24. The minimum absolute atomic E-state index is 0.0620. The molecular formula is C25H36O4. The molecule has 2 aromatic carbocycles. The number of rotatable bonds is 14. The van der Waals surface area contributed by atoms with E-state index in [1.807, 2.05) is 42.5 Å². The smallest absolute Gasteiger partial charge is 0.289 e. The van der Waals surface area contributed by atoms with Crippen LogP contribution in [0.15, 0.2) is 54.6 Å². The highest BCUT2D eigenvalue weighted by Gasteiger charge is 2.41. The molecule has 0 saturated heterocycles. The lowest BCUT2D eigenvalue weighted by Gasteiger charge is -2.36. The van der Waals surface area contributed by atoms with Crippen molar-refractivity contribution < 1.29 is 18.9 Å². The molecule has 0 spiro atoms. The lowest BCUT2D eigenvalue weighted by Crippen LogP contribution is -2.42. The third-order valence-electron chi connectivity index (χ3n) is 5.37. The number of unbranched alkanes of at least 4 members (excludes halogenated alkanes) is 5. The van der Waals surface area contributed by atoms with E-state index in [2.05, 4.69) is 19.1 Å². The first kappa shape index (κ1) is 23.4. The van der Waals surface area contributed by atoms with Gasteiger partial charge in [0, 0.05) is 21.3 Å². The molecule has 160 valence electrons. The SMILES string of the molecule is CCCCCCCCC(c1cccc(Oc2ccccc2)c1)C(OC)(OC)OC. The van der Waals surface area contributed by atoms with Crippen LogP contribution in [0.3, 0.4) is 0 Å². The van der Waals surface area contributed by atoms with Crippen molar-refractivity contribution in [2.75, 3.05) is 21.3 Å². The molecule has 4 nitrogen and oxygen atoms in total. The van der Waals surface area contributed by atoms with Gasteiger partial charge in [0.1, 0.15) is 11.5 Å². The molecule has 2 rings (SSSR count). The fourth-order valence-corrected chi connectivity index (χ4v) is 3.77. The number of benzene rings is 2. The summed E-state index contributed by atoms with van der Waals surface area (Å²) in [6, 6.07) is 17.9. The summed E-state index contributed by atoms with van der Waals surface area (Å²) in [5.41, 5.74) is 1.08. The van der Waals surface area contributed by atoms with Gasteiger partial charge in [-0.05, 0) is 36.2 Å². The Kier molecular flexibility index (Phi) is 10.2. The van der Waals surface area contributed by atoms with E-state index in [9.17, 15) is 0 Å². The standard InChI is InChI=1S/C25H36O4/c1-5-6-7-8-9-13-19-24(25(26-2,27-3)28-4)21-15-14-18-23(20-21)29-22-16-11-10-12-17-22/h10-12,14-18,20,24H,5-9,13,19H2,1-4H3. The largest absolute Gasteiger partial charge is 0.457 e. The molecule has 0 saturated carbocycles. The van der Waals surface area contributed by atoms with Crippen molar-refractivity contribution in [2.24, 2.45) is 0 Å². The molecule has 29 heavy (non-hydrogen) atoms. The second kappa shape index (κ2) is 12.6. The van der Waals surface area contributed by atoms with Gasteiger partial charge in [0.25, 0.3) is 5.97 Å². The van der Waals surface area contributed by atoms with Crippen molar-refractivity contribution in [3.8, 4) is 11.5 Å². The maximum Gasteiger partial charge on any atom is 0.289 e. The molecule has 0 aromatic heterocycles. The highest BCUT2D eigenvalue weighted by molar-refractivity contribution is 5.35. The van der Waals surface area contributed by atoms with Crippen LogP contribution in [0.25, 0.3) is 0 Å². The molecule has 0 aliphatic heterocycles. The predicted molar refractivity (Wildman–Crippen MR) is 117 cm³/mol. The fraction of sp³-hybridized carbons (Fsp3) is 0.520. The third-order valence-corrected chi connectivity index (χ3v) is 5.37. The summed E-state index contributed by atoms with van der Waals surface area (Å²) in [4.78, 5) is 0. The van der Waals surface area contributed by atoms with Gasteiger partial charge in [-0.25, -0.2) is 0 Å². The molecule has 0 aliphatic carbocycles. The van der Waals surface area contributed by atoms with E-state index in [1.165, 1.54) is 32.1 Å². The van der Waals surface area contributed by atoms with Crippen molar-refractivity contribution in [3.63, 3.8) is 0 Å². The Morgan fingerprint density at radius 2 is 1.34 bits per heavy atom. The maximum atomic E-state index is 6.03. The van der Waals surface area contributed by atoms with E-state index >= 15 is 0 Å². The molecular weight excluding hydrogens is 364 g/mol. The van der Waals surface area contributed by atoms with Gasteiger partial charge in [-0.3, -0.25) is 0 Å². The van der Waals surface area contributed by atoms with Gasteiger partial charge >= 0.3 is 0 Å². The number of methoxy groups -OCH3 is 3. The zero-order valence-corrected chi connectivity index (χ0v) is 18.4. The maximum absolute atomic E-state index is 6.03. The van der Waals surface area contributed by atoms with Crippen LogP contribution >= 0.6 is 0 Å². The number of hydrogen-bond acceptors (Lipinski definition) is 4. The lowest BCUT2D eigenvalue weighted by atomic mass is 9.90. The van der Waals surface area contributed by atoms with Gasteiger partial charge in [-0.15, -0.1) is 0 Å². The van der Waals surface area contributed by atoms with Gasteiger partial charge in [0.2, 0.25) is 0 Å². The van der Waals surface area contributed by atoms with E-state index in [0.717, 1.165) is 29.9 Å². The molecule has 0 aliphatic rings. The Hall–Kier alpha value is -1.88. The Morgan fingerprint density at radius 1 is 0.724 bits per heavy atom. The van der Waals surface area contributed by atoms with E-state index in [0.29, 0.717) is 0 Å². The molecule has 1 unspecified atom stereocenters. The first-order valence-corrected chi connectivity index (χ1v) is 10.7. The van der Waals surface area contributed by atoms with Crippen molar-refractivity contribution in [1.82, 2.24) is 0 Å². The normalized spacial score (nSPS) is 12.7. The summed E-state index contributed by atoms with van der Waals surface area (Å²) in [5, 5.41) is 0. The van der Waals surface area contributed by atoms with Crippen LogP contribution in [-0.2, 0) is 14.2 Å². The van der Waals surface area contributed by atoms with E-state index in [1.54, 1.807) is 21.3 Å². The summed E-state index contributed by atoms with van der Waals surface area (Å²) in [5.74, 6) is 0.426. The van der Waals surface area contributed by atoms with E-state index < -0.39 is 5.97 Å². The molecule has 0 heterocycles. The summed E-state index contributed by atoms with van der Waals surface area (Å²) in [6.07, 6.45) is 8.33. The first-order chi connectivity index (χ1) is 14.2. The average Bonchev–Trinajstić information content (AvgIpc) is 2.77. The Labute approximate surface area is 176 Å². The zero-order chi connectivity index (χ0) is 21.0. The Bertz CT molecular complexity index is 674. The molecule has 0 amide bonds. The second-order valence-corrected chi connectivity index (χ2v) is 7.31. The highest BCUT2D eigenvalue weighted by atomic mass is 16.9. The minimum atomic E-state index is -1.12. The van der Waals surface area contributed by atoms with Crippen LogP contribution in [-0.4, -0.2) is 27.3 Å². The monoisotopic (exact) mass is 400 g/mol. The molecule has 4 heteroatoms. The van der Waals surface area contributed by atoms with Crippen LogP contribution in [0.1, 0.15) is 63.4 Å². The van der Waals surface area contributed by atoms with Crippen molar-refractivity contribution >= 4 is 0 Å². The van der Waals surface area contributed by atoms with Gasteiger partial charge in [-0.2, -0.15) is 0 Å². The number of hydrogen-bond donors (Lipinski definition) is 0. The first-order valence-electron chi connectivity index (χ1n) is 10.7. The van der Waals surface area contributed by atoms with Crippen LogP contribution in [0.2, 0.25) is 0 Å². The fourth-order valence-electron chi connectivity index (χ4n) is 3.77. The quantitative estimate of drug-likeness (QED) is 0.255. The molecule has 0 fully saturated rings. The van der Waals surface area contributed by atoms with Gasteiger partial charge < -0.3 is 18.9 Å². The summed E-state index contributed by atoms with van der Waals surface area (Å²) >= 11 is 0. The van der Waals surface area contributed by atoms with E-state index in [-0.39, 0.29) is 5.92 Å². The van der Waals surface area contributed by atoms with Gasteiger partial charge in [0.05, 0.1) is 5.92 Å². The van der Waals surface area contributed by atoms with Crippen LogP contribution in [0, 0.1) is 0 Å². The van der Waals surface area contributed by atoms with Crippen molar-refractivity contribution in [1.29, 1.82) is 0 Å². The highest BCUT2D eigenvalue weighted by Crippen LogP contribution is 2.38. The zero-order valence-electron chi connectivity index (χ0n) is 18.4. The van der Waals surface area contributed by atoms with Crippen molar-refractivity contribution in [3.05, 3.63) is 60.2 Å². The third kappa shape index (κ3) is 6.84. The van der Waals surface area contributed by atoms with Crippen molar-refractivity contribution in [2.45, 2.75) is 63.8 Å². The topological polar surface area (TPSA) is 36.9 Å². The second-order valence-electron chi connectivity index (χ2n) is 7.31. The molecule has 1 atom stereocenters. The molecule has 2 aromatic rings. The number of ether oxygens (including phenoxy) is 4. The predicted octanol–water partition coefficient (Wildman–Crippen LogP) is 6.91. The Balaban J connectivity index is 2.17. The summed E-state index contributed by atoms with van der Waals surface area (Å²) in [7, 11) is 4.89. The minimum Gasteiger partial charge on any atom is -0.457 e. The van der Waals surface area contributed by atoms with Crippen LogP contribution in [0.5, 0.6) is 11.5 Å². The Morgan fingerprint density at radius 3 is 2.00 bits per heavy atom. The van der Waals surface area contributed by atoms with Gasteiger partial charge in [-0.1, -0.05) is 75.8 Å². The summed E-state index contributed by atoms with van der Waals surface area (Å²) < 4.78 is 23.2. The molecule has 0 radical (unpaired) electrons. The van der Waals surface area contributed by atoms with Gasteiger partial charge in [0.15, 0.2) is 0 Å². The number of para-hydroxylation sites is 1. The van der Waals surface area contributed by atoms with E-state index in [4.69, 9.17) is 18.9 Å². The lowest BCUT2D eigenvalue weighted by molar-refractivity contribution is -0.365. The molecule has 0 N–H and O–H groups in total. The molecule has 0 bridgehead atoms. The average molecular weight is 401 g/mol.